The van der Waals surface area contributed by atoms with Crippen LogP contribution in [0, 0.1) is 5.82 Å². The molecular weight excluding hydrogens is 323 g/mol. The molecule has 2 heterocycles. The van der Waals surface area contributed by atoms with Crippen LogP contribution < -0.4 is 5.73 Å². The molecule has 0 aliphatic heterocycles. The summed E-state index contributed by atoms with van der Waals surface area (Å²) in [7, 11) is 0. The Hall–Kier alpha value is -2.21. The fraction of sp³-hybridized carbons (Fsp3) is 0. The van der Waals surface area contributed by atoms with Gasteiger partial charge in [-0.25, -0.2) is 14.4 Å². The lowest BCUT2D eigenvalue weighted by Crippen LogP contribution is -1.97. The van der Waals surface area contributed by atoms with Gasteiger partial charge in [-0.1, -0.05) is 0 Å². The molecule has 0 aliphatic carbocycles. The standard InChI is InChI=1S/C14H10BrFN4/c15-11-3-2-10(5-12(11)16)20-8-18-7-13(20)9-1-4-14(17)19-6-9/h1-8H,(H2,17,19). The maximum Gasteiger partial charge on any atom is 0.139 e. The van der Waals surface area contributed by atoms with E-state index in [1.54, 1.807) is 35.4 Å². The van der Waals surface area contributed by atoms with Crippen LogP contribution in [0.2, 0.25) is 0 Å². The predicted octanol–water partition coefficient (Wildman–Crippen LogP) is 3.42. The summed E-state index contributed by atoms with van der Waals surface area (Å²) >= 11 is 3.14. The van der Waals surface area contributed by atoms with E-state index in [1.807, 2.05) is 12.1 Å². The van der Waals surface area contributed by atoms with Crippen molar-refractivity contribution in [1.82, 2.24) is 14.5 Å². The van der Waals surface area contributed by atoms with Crippen molar-refractivity contribution in [3.05, 3.63) is 59.3 Å². The second-order valence-electron chi connectivity index (χ2n) is 4.22. The molecule has 6 heteroatoms. The van der Waals surface area contributed by atoms with E-state index in [0.29, 0.717) is 16.0 Å². The Kier molecular flexibility index (Phi) is 3.23. The van der Waals surface area contributed by atoms with Crippen LogP contribution >= 0.6 is 15.9 Å². The lowest BCUT2D eigenvalue weighted by atomic mass is 10.2. The molecule has 100 valence electrons. The van der Waals surface area contributed by atoms with Gasteiger partial charge in [0.25, 0.3) is 0 Å². The van der Waals surface area contributed by atoms with Crippen LogP contribution in [0.25, 0.3) is 16.9 Å². The maximum absolute atomic E-state index is 13.6. The van der Waals surface area contributed by atoms with E-state index in [-0.39, 0.29) is 5.82 Å². The van der Waals surface area contributed by atoms with Gasteiger partial charge >= 0.3 is 0 Å². The van der Waals surface area contributed by atoms with Crippen molar-refractivity contribution in [1.29, 1.82) is 0 Å². The molecule has 0 amide bonds. The number of imidazole rings is 1. The Bertz CT molecular complexity index is 752. The van der Waals surface area contributed by atoms with Crippen LogP contribution in [0.15, 0.2) is 53.5 Å². The first kappa shape index (κ1) is 12.8. The number of pyridine rings is 1. The highest BCUT2D eigenvalue weighted by Gasteiger charge is 2.09. The van der Waals surface area contributed by atoms with Crippen LogP contribution in [-0.2, 0) is 0 Å². The number of anilines is 1. The molecule has 0 unspecified atom stereocenters. The Morgan fingerprint density at radius 3 is 2.70 bits per heavy atom. The van der Waals surface area contributed by atoms with Gasteiger partial charge < -0.3 is 5.73 Å². The summed E-state index contributed by atoms with van der Waals surface area (Å²) in [5.74, 6) is 0.132. The van der Waals surface area contributed by atoms with Gasteiger partial charge in [-0.3, -0.25) is 4.57 Å². The molecule has 0 radical (unpaired) electrons. The van der Waals surface area contributed by atoms with E-state index in [0.717, 1.165) is 11.3 Å². The molecule has 1 aromatic carbocycles. The highest BCUT2D eigenvalue weighted by molar-refractivity contribution is 9.10. The van der Waals surface area contributed by atoms with Crippen molar-refractivity contribution in [2.45, 2.75) is 0 Å². The molecule has 2 N–H and O–H groups in total. The highest BCUT2D eigenvalue weighted by atomic mass is 79.9. The van der Waals surface area contributed by atoms with Crippen molar-refractivity contribution in [2.75, 3.05) is 5.73 Å². The number of benzene rings is 1. The molecule has 0 saturated carbocycles. The van der Waals surface area contributed by atoms with Crippen LogP contribution in [0.1, 0.15) is 0 Å². The first-order chi connectivity index (χ1) is 9.65. The lowest BCUT2D eigenvalue weighted by molar-refractivity contribution is 0.620. The molecule has 3 aromatic rings. The van der Waals surface area contributed by atoms with E-state index >= 15 is 0 Å². The summed E-state index contributed by atoms with van der Waals surface area (Å²) in [5.41, 5.74) is 7.95. The summed E-state index contributed by atoms with van der Waals surface area (Å²) in [5, 5.41) is 0. The second-order valence-corrected chi connectivity index (χ2v) is 5.07. The van der Waals surface area contributed by atoms with Gasteiger partial charge in [0, 0.05) is 11.8 Å². The second kappa shape index (κ2) is 5.05. The van der Waals surface area contributed by atoms with E-state index in [2.05, 4.69) is 25.9 Å². The van der Waals surface area contributed by atoms with E-state index < -0.39 is 0 Å². The minimum absolute atomic E-state index is 0.322. The molecule has 0 bridgehead atoms. The molecule has 0 atom stereocenters. The van der Waals surface area contributed by atoms with Gasteiger partial charge in [0.2, 0.25) is 0 Å². The van der Waals surface area contributed by atoms with E-state index in [4.69, 9.17) is 5.73 Å². The summed E-state index contributed by atoms with van der Waals surface area (Å²) in [4.78, 5) is 8.18. The van der Waals surface area contributed by atoms with Crippen molar-refractivity contribution >= 4 is 21.7 Å². The molecule has 0 aliphatic rings. The third-order valence-electron chi connectivity index (χ3n) is 2.90. The van der Waals surface area contributed by atoms with Crippen molar-refractivity contribution in [3.63, 3.8) is 0 Å². The molecule has 0 fully saturated rings. The molecule has 0 spiro atoms. The molecule has 2 aromatic heterocycles. The van der Waals surface area contributed by atoms with Gasteiger partial charge in [-0.15, -0.1) is 0 Å². The number of nitrogens with two attached hydrogens (primary N) is 1. The third-order valence-corrected chi connectivity index (χ3v) is 3.55. The highest BCUT2D eigenvalue weighted by Crippen LogP contribution is 2.25. The minimum Gasteiger partial charge on any atom is -0.384 e. The fourth-order valence-electron chi connectivity index (χ4n) is 1.91. The van der Waals surface area contributed by atoms with Crippen molar-refractivity contribution in [2.24, 2.45) is 0 Å². The first-order valence-electron chi connectivity index (χ1n) is 5.85. The van der Waals surface area contributed by atoms with Crippen molar-refractivity contribution in [3.8, 4) is 16.9 Å². The number of nitrogen functional groups attached to an aromatic ring is 1. The molecule has 20 heavy (non-hydrogen) atoms. The SMILES string of the molecule is Nc1ccc(-c2cncn2-c2ccc(Br)c(F)c2)cn1. The zero-order chi connectivity index (χ0) is 14.1. The Morgan fingerprint density at radius 1 is 1.15 bits per heavy atom. The van der Waals surface area contributed by atoms with Gasteiger partial charge in [-0.05, 0) is 46.3 Å². The molecule has 0 saturated heterocycles. The van der Waals surface area contributed by atoms with Gasteiger partial charge in [0.05, 0.1) is 28.4 Å². The van der Waals surface area contributed by atoms with E-state index in [1.165, 1.54) is 6.07 Å². The normalized spacial score (nSPS) is 10.7. The van der Waals surface area contributed by atoms with Crippen LogP contribution in [0.3, 0.4) is 0 Å². The Balaban J connectivity index is 2.10. The molecular formula is C14H10BrFN4. The predicted molar refractivity (Wildman–Crippen MR) is 78.9 cm³/mol. The summed E-state index contributed by atoms with van der Waals surface area (Å²) < 4.78 is 15.9. The monoisotopic (exact) mass is 332 g/mol. The van der Waals surface area contributed by atoms with Crippen LogP contribution in [0.4, 0.5) is 10.2 Å². The fourth-order valence-corrected chi connectivity index (χ4v) is 2.15. The quantitative estimate of drug-likeness (QED) is 0.782. The van der Waals surface area contributed by atoms with Crippen LogP contribution in [-0.4, -0.2) is 14.5 Å². The average Bonchev–Trinajstić information content (AvgIpc) is 2.92. The first-order valence-corrected chi connectivity index (χ1v) is 6.64. The number of hydrogen-bond donors (Lipinski definition) is 1. The Labute approximate surface area is 123 Å². The van der Waals surface area contributed by atoms with Gasteiger partial charge in [0.15, 0.2) is 0 Å². The van der Waals surface area contributed by atoms with Gasteiger partial charge in [-0.2, -0.15) is 0 Å². The number of hydrogen-bond acceptors (Lipinski definition) is 3. The molecule has 3 rings (SSSR count). The Morgan fingerprint density at radius 2 is 2.00 bits per heavy atom. The average molecular weight is 333 g/mol. The lowest BCUT2D eigenvalue weighted by Gasteiger charge is -2.09. The smallest absolute Gasteiger partial charge is 0.139 e. The van der Waals surface area contributed by atoms with Crippen molar-refractivity contribution < 1.29 is 4.39 Å². The van der Waals surface area contributed by atoms with E-state index in [9.17, 15) is 4.39 Å². The number of halogens is 2. The maximum atomic E-state index is 13.6. The summed E-state index contributed by atoms with van der Waals surface area (Å²) in [6, 6.07) is 8.48. The number of aromatic nitrogens is 3. The third kappa shape index (κ3) is 2.30. The zero-order valence-electron chi connectivity index (χ0n) is 10.3. The minimum atomic E-state index is -0.322. The zero-order valence-corrected chi connectivity index (χ0v) is 11.9. The largest absolute Gasteiger partial charge is 0.384 e. The molecule has 4 nitrogen and oxygen atoms in total. The summed E-state index contributed by atoms with van der Waals surface area (Å²) in [6.45, 7) is 0. The number of rotatable bonds is 2. The number of nitrogens with zero attached hydrogens (tertiary/aromatic N) is 3. The van der Waals surface area contributed by atoms with Crippen LogP contribution in [0.5, 0.6) is 0 Å². The summed E-state index contributed by atoms with van der Waals surface area (Å²) in [6.07, 6.45) is 5.00. The van der Waals surface area contributed by atoms with Gasteiger partial charge in [0.1, 0.15) is 11.6 Å². The topological polar surface area (TPSA) is 56.7 Å².